The van der Waals surface area contributed by atoms with Crippen LogP contribution in [-0.4, -0.2) is 32.0 Å². The number of nitrogens with zero attached hydrogens (tertiary/aromatic N) is 3. The zero-order chi connectivity index (χ0) is 17.1. The van der Waals surface area contributed by atoms with E-state index in [1.54, 1.807) is 18.6 Å². The quantitative estimate of drug-likeness (QED) is 0.722. The lowest BCUT2D eigenvalue weighted by atomic mass is 10.1. The predicted molar refractivity (Wildman–Crippen MR) is 93.5 cm³/mol. The van der Waals surface area contributed by atoms with Crippen molar-refractivity contribution in [2.24, 2.45) is 5.92 Å². The zero-order valence-electron chi connectivity index (χ0n) is 14.0. The minimum Gasteiger partial charge on any atom is -0.460 e. The van der Waals surface area contributed by atoms with Gasteiger partial charge < -0.3 is 14.8 Å². The molecule has 0 aliphatic heterocycles. The van der Waals surface area contributed by atoms with Crippen molar-refractivity contribution in [2.45, 2.75) is 38.1 Å². The Morgan fingerprint density at radius 1 is 1.20 bits per heavy atom. The molecule has 1 fully saturated rings. The molecule has 1 aliphatic rings. The summed E-state index contributed by atoms with van der Waals surface area (Å²) >= 11 is 0. The number of pyridine rings is 1. The lowest BCUT2D eigenvalue weighted by Crippen LogP contribution is -2.35. The van der Waals surface area contributed by atoms with Crippen LogP contribution < -0.4 is 5.32 Å². The Morgan fingerprint density at radius 2 is 2.16 bits per heavy atom. The maximum absolute atomic E-state index is 10.3. The molecule has 0 radical (unpaired) electrons. The molecule has 25 heavy (non-hydrogen) atoms. The Hall–Kier alpha value is -2.44. The van der Waals surface area contributed by atoms with Crippen LogP contribution in [-0.2, 0) is 13.1 Å². The molecule has 3 aromatic heterocycles. The average molecular weight is 338 g/mol. The van der Waals surface area contributed by atoms with E-state index in [9.17, 15) is 5.11 Å². The molecule has 0 spiro atoms. The smallest absolute Gasteiger partial charge is 0.135 e. The summed E-state index contributed by atoms with van der Waals surface area (Å²) in [6.07, 6.45) is 8.71. The predicted octanol–water partition coefficient (Wildman–Crippen LogP) is 2.47. The highest BCUT2D eigenvalue weighted by Gasteiger charge is 2.32. The molecule has 6 heteroatoms. The van der Waals surface area contributed by atoms with Crippen molar-refractivity contribution >= 4 is 0 Å². The van der Waals surface area contributed by atoms with E-state index >= 15 is 0 Å². The largest absolute Gasteiger partial charge is 0.460 e. The number of hydrogen-bond acceptors (Lipinski definition) is 5. The molecule has 2 N–H and O–H groups in total. The number of hydrogen-bond donors (Lipinski definition) is 2. The fourth-order valence-electron chi connectivity index (χ4n) is 3.53. The van der Waals surface area contributed by atoms with E-state index in [0.29, 0.717) is 12.5 Å². The second kappa shape index (κ2) is 7.21. The average Bonchev–Trinajstić information content (AvgIpc) is 3.36. The lowest BCUT2D eigenvalue weighted by Gasteiger charge is -2.15. The number of aromatic nitrogens is 3. The number of aliphatic hydroxyl groups is 1. The van der Waals surface area contributed by atoms with Gasteiger partial charge in [-0.1, -0.05) is 0 Å². The minimum atomic E-state index is -0.326. The second-order valence-electron chi connectivity index (χ2n) is 6.63. The summed E-state index contributed by atoms with van der Waals surface area (Å²) in [6, 6.07) is 9.82. The molecule has 3 aromatic rings. The SMILES string of the molecule is O[C@@H]1CC(Cn2cccn2)C[C@H]1NCc1ccc(-c2cccnc2)o1. The fraction of sp³-hybridized carbons (Fsp3) is 0.368. The summed E-state index contributed by atoms with van der Waals surface area (Å²) in [5, 5.41) is 18.0. The van der Waals surface area contributed by atoms with Crippen LogP contribution in [0.15, 0.2) is 59.5 Å². The molecule has 0 aromatic carbocycles. The van der Waals surface area contributed by atoms with Crippen molar-refractivity contribution in [3.63, 3.8) is 0 Å². The molecule has 130 valence electrons. The van der Waals surface area contributed by atoms with Gasteiger partial charge in [0.15, 0.2) is 0 Å². The molecule has 0 bridgehead atoms. The number of rotatable bonds is 6. The fourth-order valence-corrected chi connectivity index (χ4v) is 3.53. The van der Waals surface area contributed by atoms with Gasteiger partial charge in [-0.25, -0.2) is 0 Å². The van der Waals surface area contributed by atoms with E-state index in [-0.39, 0.29) is 12.1 Å². The van der Waals surface area contributed by atoms with Gasteiger partial charge in [-0.2, -0.15) is 5.10 Å². The summed E-state index contributed by atoms with van der Waals surface area (Å²) in [5.41, 5.74) is 0.967. The van der Waals surface area contributed by atoms with Crippen LogP contribution >= 0.6 is 0 Å². The van der Waals surface area contributed by atoms with Gasteiger partial charge in [0, 0.05) is 42.9 Å². The Morgan fingerprint density at radius 3 is 2.96 bits per heavy atom. The van der Waals surface area contributed by atoms with Crippen LogP contribution in [0.4, 0.5) is 0 Å². The zero-order valence-corrected chi connectivity index (χ0v) is 14.0. The number of aliphatic hydroxyl groups excluding tert-OH is 1. The van der Waals surface area contributed by atoms with Gasteiger partial charge in [0.1, 0.15) is 11.5 Å². The molecular weight excluding hydrogens is 316 g/mol. The van der Waals surface area contributed by atoms with Crippen molar-refractivity contribution in [2.75, 3.05) is 0 Å². The van der Waals surface area contributed by atoms with Gasteiger partial charge in [0.25, 0.3) is 0 Å². The molecule has 0 amide bonds. The molecule has 1 aliphatic carbocycles. The van der Waals surface area contributed by atoms with Gasteiger partial charge in [-0.3, -0.25) is 9.67 Å². The van der Waals surface area contributed by atoms with Crippen molar-refractivity contribution in [1.82, 2.24) is 20.1 Å². The van der Waals surface area contributed by atoms with E-state index in [4.69, 9.17) is 4.42 Å². The number of furan rings is 1. The van der Waals surface area contributed by atoms with Crippen molar-refractivity contribution in [3.8, 4) is 11.3 Å². The van der Waals surface area contributed by atoms with Crippen LogP contribution in [0, 0.1) is 5.92 Å². The minimum absolute atomic E-state index is 0.0903. The molecule has 6 nitrogen and oxygen atoms in total. The Kier molecular flexibility index (Phi) is 4.63. The highest BCUT2D eigenvalue weighted by Crippen LogP contribution is 2.28. The van der Waals surface area contributed by atoms with E-state index in [1.807, 2.05) is 41.2 Å². The van der Waals surface area contributed by atoms with E-state index in [0.717, 1.165) is 36.5 Å². The first-order valence-electron chi connectivity index (χ1n) is 8.66. The maximum atomic E-state index is 10.3. The van der Waals surface area contributed by atoms with E-state index < -0.39 is 0 Å². The maximum Gasteiger partial charge on any atom is 0.135 e. The first-order valence-corrected chi connectivity index (χ1v) is 8.66. The van der Waals surface area contributed by atoms with Crippen molar-refractivity contribution < 1.29 is 9.52 Å². The molecular formula is C19H22N4O2. The van der Waals surface area contributed by atoms with Gasteiger partial charge >= 0.3 is 0 Å². The van der Waals surface area contributed by atoms with E-state index in [2.05, 4.69) is 15.4 Å². The summed E-state index contributed by atoms with van der Waals surface area (Å²) in [6.45, 7) is 1.46. The van der Waals surface area contributed by atoms with Crippen molar-refractivity contribution in [3.05, 3.63) is 60.9 Å². The molecule has 1 saturated carbocycles. The highest BCUT2D eigenvalue weighted by atomic mass is 16.3. The highest BCUT2D eigenvalue weighted by molar-refractivity contribution is 5.55. The second-order valence-corrected chi connectivity index (χ2v) is 6.63. The lowest BCUT2D eigenvalue weighted by molar-refractivity contribution is 0.144. The van der Waals surface area contributed by atoms with Gasteiger partial charge in [-0.15, -0.1) is 0 Å². The van der Waals surface area contributed by atoms with Crippen LogP contribution in [0.25, 0.3) is 11.3 Å². The third kappa shape index (κ3) is 3.81. The molecule has 0 saturated heterocycles. The third-order valence-electron chi connectivity index (χ3n) is 4.78. The molecule has 3 heterocycles. The summed E-state index contributed by atoms with van der Waals surface area (Å²) in [4.78, 5) is 4.11. The summed E-state index contributed by atoms with van der Waals surface area (Å²) in [5.74, 6) is 2.12. The first kappa shape index (κ1) is 16.1. The van der Waals surface area contributed by atoms with E-state index in [1.165, 1.54) is 0 Å². The van der Waals surface area contributed by atoms with Crippen molar-refractivity contribution in [1.29, 1.82) is 0 Å². The standard InChI is InChI=1S/C19H22N4O2/c24-18-10-14(13-23-8-2-7-22-23)9-17(18)21-12-16-4-5-19(25-16)15-3-1-6-20-11-15/h1-8,11,14,17-18,21,24H,9-10,12-13H2/t14?,17-,18-/m1/s1. The van der Waals surface area contributed by atoms with Gasteiger partial charge in [0.2, 0.25) is 0 Å². The number of nitrogens with one attached hydrogen (secondary N) is 1. The normalized spacial score (nSPS) is 23.2. The first-order chi connectivity index (χ1) is 12.3. The monoisotopic (exact) mass is 338 g/mol. The third-order valence-corrected chi connectivity index (χ3v) is 4.78. The van der Waals surface area contributed by atoms with Crippen LogP contribution in [0.1, 0.15) is 18.6 Å². The van der Waals surface area contributed by atoms with Crippen LogP contribution in [0.5, 0.6) is 0 Å². The topological polar surface area (TPSA) is 76.1 Å². The molecule has 4 rings (SSSR count). The summed E-state index contributed by atoms with van der Waals surface area (Å²) < 4.78 is 7.82. The molecule has 3 atom stereocenters. The Bertz CT molecular complexity index is 785. The van der Waals surface area contributed by atoms with Crippen LogP contribution in [0.2, 0.25) is 0 Å². The Labute approximate surface area is 146 Å². The Balaban J connectivity index is 1.32. The van der Waals surface area contributed by atoms with Gasteiger partial charge in [0.05, 0.1) is 12.6 Å². The van der Waals surface area contributed by atoms with Gasteiger partial charge in [-0.05, 0) is 49.1 Å². The summed E-state index contributed by atoms with van der Waals surface area (Å²) in [7, 11) is 0. The van der Waals surface area contributed by atoms with Crippen LogP contribution in [0.3, 0.4) is 0 Å². The molecule has 1 unspecified atom stereocenters.